The summed E-state index contributed by atoms with van der Waals surface area (Å²) in [5, 5.41) is 3.86. The number of aromatic nitrogens is 2. The van der Waals surface area contributed by atoms with Gasteiger partial charge in [-0.05, 0) is 25.1 Å². The predicted octanol–water partition coefficient (Wildman–Crippen LogP) is 2.17. The van der Waals surface area contributed by atoms with E-state index in [-0.39, 0.29) is 16.8 Å². The van der Waals surface area contributed by atoms with E-state index in [9.17, 15) is 18.0 Å². The third-order valence-electron chi connectivity index (χ3n) is 2.52. The maximum atomic E-state index is 13.1. The van der Waals surface area contributed by atoms with Crippen LogP contribution in [0.1, 0.15) is 5.56 Å². The number of hydrogen-bond donors (Lipinski definition) is 0. The van der Waals surface area contributed by atoms with E-state index in [0.29, 0.717) is 5.56 Å². The number of aryl methyl sites for hydroxylation is 2. The van der Waals surface area contributed by atoms with Crippen LogP contribution in [0.2, 0.25) is 0 Å². The normalized spacial score (nSPS) is 10.7. The van der Waals surface area contributed by atoms with Crippen LogP contribution in [0.4, 0.5) is 13.2 Å². The van der Waals surface area contributed by atoms with Crippen LogP contribution < -0.4 is 5.56 Å². The van der Waals surface area contributed by atoms with Gasteiger partial charge in [0.1, 0.15) is 0 Å². The number of halogens is 3. The molecule has 0 aliphatic heterocycles. The average molecular weight is 254 g/mol. The van der Waals surface area contributed by atoms with E-state index >= 15 is 0 Å². The van der Waals surface area contributed by atoms with Crippen LogP contribution >= 0.6 is 0 Å². The standard InChI is InChI=1S/C12H9F3N2O/c1-6-3-10(16-17(2)12(6)18)7-4-8(13)11(15)9(14)5-7/h3-5H,1-2H3. The Morgan fingerprint density at radius 3 is 2.17 bits per heavy atom. The molecule has 0 amide bonds. The quantitative estimate of drug-likeness (QED) is 0.731. The topological polar surface area (TPSA) is 34.9 Å². The van der Waals surface area contributed by atoms with Crippen molar-refractivity contribution in [3.8, 4) is 11.3 Å². The largest absolute Gasteiger partial charge is 0.269 e. The van der Waals surface area contributed by atoms with Crippen molar-refractivity contribution >= 4 is 0 Å². The highest BCUT2D eigenvalue weighted by Gasteiger charge is 2.13. The Labute approximate surface area is 100 Å². The zero-order chi connectivity index (χ0) is 13.4. The third kappa shape index (κ3) is 2.01. The average Bonchev–Trinajstić information content (AvgIpc) is 2.31. The molecule has 6 heteroatoms. The Morgan fingerprint density at radius 1 is 1.11 bits per heavy atom. The molecule has 2 aromatic rings. The lowest BCUT2D eigenvalue weighted by Crippen LogP contribution is -2.22. The molecular formula is C12H9F3N2O. The van der Waals surface area contributed by atoms with Gasteiger partial charge in [-0.1, -0.05) is 0 Å². The molecule has 18 heavy (non-hydrogen) atoms. The number of hydrogen-bond acceptors (Lipinski definition) is 2. The van der Waals surface area contributed by atoms with Crippen LogP contribution in [0.25, 0.3) is 11.3 Å². The molecule has 1 aromatic heterocycles. The lowest BCUT2D eigenvalue weighted by Gasteiger charge is -2.06. The molecule has 0 spiro atoms. The number of nitrogens with zero attached hydrogens (tertiary/aromatic N) is 2. The minimum Gasteiger partial charge on any atom is -0.268 e. The first-order valence-electron chi connectivity index (χ1n) is 5.10. The molecule has 0 saturated heterocycles. The molecule has 2 rings (SSSR count). The fraction of sp³-hybridized carbons (Fsp3) is 0.167. The molecule has 0 unspecified atom stereocenters. The highest BCUT2D eigenvalue weighted by atomic mass is 19.2. The van der Waals surface area contributed by atoms with Gasteiger partial charge in [-0.15, -0.1) is 0 Å². The van der Waals surface area contributed by atoms with E-state index < -0.39 is 17.5 Å². The van der Waals surface area contributed by atoms with Gasteiger partial charge in [0, 0.05) is 18.2 Å². The molecule has 0 N–H and O–H groups in total. The summed E-state index contributed by atoms with van der Waals surface area (Å²) in [5.74, 6) is -4.11. The number of benzene rings is 1. The summed E-state index contributed by atoms with van der Waals surface area (Å²) in [7, 11) is 1.43. The molecule has 0 bridgehead atoms. The van der Waals surface area contributed by atoms with Gasteiger partial charge < -0.3 is 0 Å². The fourth-order valence-electron chi connectivity index (χ4n) is 1.60. The van der Waals surface area contributed by atoms with Gasteiger partial charge >= 0.3 is 0 Å². The zero-order valence-corrected chi connectivity index (χ0v) is 9.67. The van der Waals surface area contributed by atoms with Gasteiger partial charge in [-0.3, -0.25) is 4.79 Å². The van der Waals surface area contributed by atoms with Crippen LogP contribution in [-0.4, -0.2) is 9.78 Å². The van der Waals surface area contributed by atoms with Crippen molar-refractivity contribution in [3.05, 3.63) is 51.6 Å². The first-order chi connectivity index (χ1) is 8.40. The van der Waals surface area contributed by atoms with E-state index in [4.69, 9.17) is 0 Å². The van der Waals surface area contributed by atoms with Gasteiger partial charge in [0.25, 0.3) is 5.56 Å². The van der Waals surface area contributed by atoms with E-state index in [1.54, 1.807) is 6.92 Å². The molecule has 0 aliphatic rings. The molecular weight excluding hydrogens is 245 g/mol. The van der Waals surface area contributed by atoms with Gasteiger partial charge in [0.15, 0.2) is 17.5 Å². The molecule has 0 radical (unpaired) electrons. The Balaban J connectivity index is 2.66. The molecule has 1 heterocycles. The summed E-state index contributed by atoms with van der Waals surface area (Å²) in [6, 6.07) is 3.07. The first kappa shape index (κ1) is 12.3. The van der Waals surface area contributed by atoms with Gasteiger partial charge in [0.05, 0.1) is 5.69 Å². The Hall–Kier alpha value is -2.11. The minimum absolute atomic E-state index is 0.0742. The summed E-state index contributed by atoms with van der Waals surface area (Å²) in [5.41, 5.74) is 0.354. The SMILES string of the molecule is Cc1cc(-c2cc(F)c(F)c(F)c2)nn(C)c1=O. The Morgan fingerprint density at radius 2 is 1.67 bits per heavy atom. The molecule has 0 atom stereocenters. The second-order valence-corrected chi connectivity index (χ2v) is 3.90. The van der Waals surface area contributed by atoms with Crippen molar-refractivity contribution in [1.82, 2.24) is 9.78 Å². The molecule has 1 aromatic carbocycles. The number of rotatable bonds is 1. The fourth-order valence-corrected chi connectivity index (χ4v) is 1.60. The maximum absolute atomic E-state index is 13.1. The van der Waals surface area contributed by atoms with Crippen LogP contribution in [0.15, 0.2) is 23.0 Å². The van der Waals surface area contributed by atoms with Gasteiger partial charge in [-0.2, -0.15) is 5.10 Å². The van der Waals surface area contributed by atoms with Crippen molar-refractivity contribution in [2.45, 2.75) is 6.92 Å². The molecule has 0 fully saturated rings. The van der Waals surface area contributed by atoms with Crippen molar-refractivity contribution in [3.63, 3.8) is 0 Å². The second-order valence-electron chi connectivity index (χ2n) is 3.90. The molecule has 0 saturated carbocycles. The monoisotopic (exact) mass is 254 g/mol. The van der Waals surface area contributed by atoms with Crippen molar-refractivity contribution in [2.75, 3.05) is 0 Å². The van der Waals surface area contributed by atoms with Crippen LogP contribution in [0.3, 0.4) is 0 Å². The second kappa shape index (κ2) is 4.29. The third-order valence-corrected chi connectivity index (χ3v) is 2.52. The molecule has 3 nitrogen and oxygen atoms in total. The van der Waals surface area contributed by atoms with Gasteiger partial charge in [0.2, 0.25) is 0 Å². The van der Waals surface area contributed by atoms with E-state index in [2.05, 4.69) is 5.10 Å². The van der Waals surface area contributed by atoms with Crippen molar-refractivity contribution < 1.29 is 13.2 Å². The molecule has 94 valence electrons. The lowest BCUT2D eigenvalue weighted by molar-refractivity contribution is 0.447. The van der Waals surface area contributed by atoms with E-state index in [1.807, 2.05) is 0 Å². The van der Waals surface area contributed by atoms with Crippen LogP contribution in [-0.2, 0) is 7.05 Å². The highest BCUT2D eigenvalue weighted by molar-refractivity contribution is 5.59. The van der Waals surface area contributed by atoms with Crippen LogP contribution in [0, 0.1) is 24.4 Å². The summed E-state index contributed by atoms with van der Waals surface area (Å²) >= 11 is 0. The van der Waals surface area contributed by atoms with Crippen molar-refractivity contribution in [1.29, 1.82) is 0 Å². The Kier molecular flexibility index (Phi) is 2.94. The summed E-state index contributed by atoms with van der Waals surface area (Å²) in [4.78, 5) is 11.4. The lowest BCUT2D eigenvalue weighted by atomic mass is 10.1. The predicted molar refractivity (Wildman–Crippen MR) is 59.5 cm³/mol. The first-order valence-corrected chi connectivity index (χ1v) is 5.10. The summed E-state index contributed by atoms with van der Waals surface area (Å²) < 4.78 is 40.1. The van der Waals surface area contributed by atoms with Gasteiger partial charge in [-0.25, -0.2) is 17.9 Å². The smallest absolute Gasteiger partial charge is 0.268 e. The molecule has 0 aliphatic carbocycles. The maximum Gasteiger partial charge on any atom is 0.269 e. The summed E-state index contributed by atoms with van der Waals surface area (Å²) in [6.07, 6.45) is 0. The van der Waals surface area contributed by atoms with E-state index in [1.165, 1.54) is 13.1 Å². The highest BCUT2D eigenvalue weighted by Crippen LogP contribution is 2.21. The van der Waals surface area contributed by atoms with Crippen LogP contribution in [0.5, 0.6) is 0 Å². The summed E-state index contributed by atoms with van der Waals surface area (Å²) in [6.45, 7) is 1.56. The van der Waals surface area contributed by atoms with Crippen molar-refractivity contribution in [2.24, 2.45) is 7.05 Å². The minimum atomic E-state index is -1.53. The Bertz CT molecular complexity index is 630. The van der Waals surface area contributed by atoms with E-state index in [0.717, 1.165) is 16.8 Å². The zero-order valence-electron chi connectivity index (χ0n) is 9.67.